The number of hydrogen-bond acceptors (Lipinski definition) is 1. The van der Waals surface area contributed by atoms with Crippen LogP contribution in [0.5, 0.6) is 0 Å². The molecular formula is C29H24S. The van der Waals surface area contributed by atoms with Gasteiger partial charge in [0.15, 0.2) is 0 Å². The second-order valence-corrected chi connectivity index (χ2v) is 9.71. The summed E-state index contributed by atoms with van der Waals surface area (Å²) in [4.78, 5) is 2.75. The molecule has 0 saturated heterocycles. The molecule has 0 nitrogen and oxygen atoms in total. The number of hydrogen-bond donors (Lipinski definition) is 0. The van der Waals surface area contributed by atoms with E-state index >= 15 is 0 Å². The number of benzene rings is 4. The highest BCUT2D eigenvalue weighted by atomic mass is 32.2. The number of allylic oxidation sites excluding steroid dienone is 1. The Kier molecular flexibility index (Phi) is 4.14. The van der Waals surface area contributed by atoms with Crippen LogP contribution in [-0.4, -0.2) is 0 Å². The van der Waals surface area contributed by atoms with Gasteiger partial charge >= 0.3 is 0 Å². The van der Waals surface area contributed by atoms with E-state index in [9.17, 15) is 0 Å². The molecule has 4 aromatic carbocycles. The topological polar surface area (TPSA) is 0 Å². The van der Waals surface area contributed by atoms with Crippen molar-refractivity contribution >= 4 is 33.7 Å². The Morgan fingerprint density at radius 2 is 1.50 bits per heavy atom. The molecule has 0 N–H and O–H groups in total. The number of fused-ring (bicyclic) bond motifs is 5. The van der Waals surface area contributed by atoms with E-state index in [-0.39, 0.29) is 0 Å². The standard InChI is InChI=1S/C29H24S/c1-18-10-14-22-21(16-18)13-12-20-6-5-8-24(28(20)22)29-23-7-3-4-9-26(23)30-27-15-11-19(2)17-25(27)29/h3-4,7,9-17H,5-6,8H2,1-2H3/b29-24+. The molecule has 0 aromatic heterocycles. The molecule has 1 aliphatic heterocycles. The molecule has 146 valence electrons. The summed E-state index contributed by atoms with van der Waals surface area (Å²) in [5.41, 5.74) is 11.4. The van der Waals surface area contributed by atoms with Crippen molar-refractivity contribution < 1.29 is 0 Å². The molecule has 30 heavy (non-hydrogen) atoms. The summed E-state index contributed by atoms with van der Waals surface area (Å²) in [5.74, 6) is 0. The molecule has 0 spiro atoms. The van der Waals surface area contributed by atoms with Gasteiger partial charge in [0.05, 0.1) is 0 Å². The zero-order valence-electron chi connectivity index (χ0n) is 17.5. The van der Waals surface area contributed by atoms with E-state index in [1.54, 1.807) is 0 Å². The van der Waals surface area contributed by atoms with E-state index in [0.717, 1.165) is 6.42 Å². The smallest absolute Gasteiger partial charge is 0.0201 e. The molecule has 0 saturated carbocycles. The number of rotatable bonds is 0. The quantitative estimate of drug-likeness (QED) is 0.250. The fourth-order valence-electron chi connectivity index (χ4n) is 5.17. The van der Waals surface area contributed by atoms with Gasteiger partial charge in [-0.3, -0.25) is 0 Å². The summed E-state index contributed by atoms with van der Waals surface area (Å²) in [7, 11) is 0. The van der Waals surface area contributed by atoms with Gasteiger partial charge in [-0.05, 0) is 89.4 Å². The van der Waals surface area contributed by atoms with Gasteiger partial charge in [-0.15, -0.1) is 0 Å². The van der Waals surface area contributed by atoms with Crippen LogP contribution in [0.2, 0.25) is 0 Å². The van der Waals surface area contributed by atoms with E-state index in [0.29, 0.717) is 0 Å². The van der Waals surface area contributed by atoms with Gasteiger partial charge in [0.1, 0.15) is 0 Å². The lowest BCUT2D eigenvalue weighted by atomic mass is 9.78. The van der Waals surface area contributed by atoms with Crippen LogP contribution >= 0.6 is 11.8 Å². The van der Waals surface area contributed by atoms with E-state index in [1.807, 2.05) is 11.8 Å². The highest BCUT2D eigenvalue weighted by molar-refractivity contribution is 7.99. The van der Waals surface area contributed by atoms with E-state index in [4.69, 9.17) is 0 Å². The Balaban J connectivity index is 1.75. The minimum atomic E-state index is 1.14. The highest BCUT2D eigenvalue weighted by Gasteiger charge is 2.27. The Morgan fingerprint density at radius 1 is 0.700 bits per heavy atom. The first kappa shape index (κ1) is 18.0. The van der Waals surface area contributed by atoms with Crippen molar-refractivity contribution in [3.63, 3.8) is 0 Å². The predicted molar refractivity (Wildman–Crippen MR) is 129 cm³/mol. The maximum atomic E-state index is 2.39. The minimum Gasteiger partial charge on any atom is -0.0888 e. The van der Waals surface area contributed by atoms with Gasteiger partial charge in [0.25, 0.3) is 0 Å². The summed E-state index contributed by atoms with van der Waals surface area (Å²) in [6.07, 6.45) is 3.54. The van der Waals surface area contributed by atoms with E-state index in [2.05, 4.69) is 86.6 Å². The van der Waals surface area contributed by atoms with Crippen LogP contribution in [0.1, 0.15) is 46.2 Å². The lowest BCUT2D eigenvalue weighted by Crippen LogP contribution is -2.08. The Labute approximate surface area is 182 Å². The van der Waals surface area contributed by atoms with Gasteiger partial charge in [-0.2, -0.15) is 0 Å². The van der Waals surface area contributed by atoms with Gasteiger partial charge in [0, 0.05) is 9.79 Å². The van der Waals surface area contributed by atoms with Crippen LogP contribution in [0, 0.1) is 13.8 Å². The van der Waals surface area contributed by atoms with E-state index < -0.39 is 0 Å². The van der Waals surface area contributed by atoms with Gasteiger partial charge in [-0.1, -0.05) is 83.6 Å². The van der Waals surface area contributed by atoms with Crippen LogP contribution in [0.15, 0.2) is 82.6 Å². The predicted octanol–water partition coefficient (Wildman–Crippen LogP) is 8.22. The number of aryl methyl sites for hydroxylation is 3. The molecule has 1 heteroatoms. The van der Waals surface area contributed by atoms with Crippen LogP contribution < -0.4 is 0 Å². The third-order valence-corrected chi connectivity index (χ3v) is 7.67. The Bertz CT molecular complexity index is 1360. The van der Waals surface area contributed by atoms with Crippen LogP contribution in [0.25, 0.3) is 21.9 Å². The Hall–Kier alpha value is -2.77. The molecule has 1 aliphatic carbocycles. The minimum absolute atomic E-state index is 1.14. The van der Waals surface area contributed by atoms with Gasteiger partial charge < -0.3 is 0 Å². The van der Waals surface area contributed by atoms with Crippen LogP contribution in [0.4, 0.5) is 0 Å². The first-order chi connectivity index (χ1) is 14.7. The van der Waals surface area contributed by atoms with Gasteiger partial charge in [0.2, 0.25) is 0 Å². The van der Waals surface area contributed by atoms with Crippen molar-refractivity contribution in [2.24, 2.45) is 0 Å². The highest BCUT2D eigenvalue weighted by Crippen LogP contribution is 2.51. The first-order valence-electron chi connectivity index (χ1n) is 10.8. The summed E-state index contributed by atoms with van der Waals surface area (Å²) < 4.78 is 0. The third-order valence-electron chi connectivity index (χ3n) is 6.52. The van der Waals surface area contributed by atoms with Crippen molar-refractivity contribution in [1.29, 1.82) is 0 Å². The third kappa shape index (κ3) is 2.76. The van der Waals surface area contributed by atoms with Crippen molar-refractivity contribution in [3.8, 4) is 0 Å². The molecule has 0 unspecified atom stereocenters. The second-order valence-electron chi connectivity index (χ2n) is 8.63. The lowest BCUT2D eigenvalue weighted by molar-refractivity contribution is 0.825. The van der Waals surface area contributed by atoms with E-state index in [1.165, 1.54) is 77.9 Å². The summed E-state index contributed by atoms with van der Waals surface area (Å²) in [6.45, 7) is 4.40. The SMILES string of the molecule is Cc1ccc2c(c1)/C(=C1\CCCc3ccc4cc(C)ccc4c31)c1ccccc1S2. The molecule has 0 radical (unpaired) electrons. The van der Waals surface area contributed by atoms with Gasteiger partial charge in [-0.25, -0.2) is 0 Å². The average Bonchev–Trinajstić information content (AvgIpc) is 2.77. The summed E-state index contributed by atoms with van der Waals surface area (Å²) >= 11 is 1.91. The van der Waals surface area contributed by atoms with Crippen molar-refractivity contribution in [2.45, 2.75) is 42.9 Å². The molecular weight excluding hydrogens is 380 g/mol. The molecule has 2 aliphatic rings. The largest absolute Gasteiger partial charge is 0.0888 e. The second kappa shape index (κ2) is 6.89. The summed E-state index contributed by atoms with van der Waals surface area (Å²) in [5, 5.41) is 2.77. The molecule has 0 amide bonds. The lowest BCUT2D eigenvalue weighted by Gasteiger charge is -2.29. The van der Waals surface area contributed by atoms with Crippen LogP contribution in [0.3, 0.4) is 0 Å². The first-order valence-corrected chi connectivity index (χ1v) is 11.6. The van der Waals surface area contributed by atoms with Crippen LogP contribution in [-0.2, 0) is 6.42 Å². The molecule has 0 bridgehead atoms. The maximum Gasteiger partial charge on any atom is 0.0201 e. The monoisotopic (exact) mass is 404 g/mol. The Morgan fingerprint density at radius 3 is 2.43 bits per heavy atom. The molecule has 6 rings (SSSR count). The zero-order valence-corrected chi connectivity index (χ0v) is 18.3. The molecule has 0 atom stereocenters. The van der Waals surface area contributed by atoms with Crippen molar-refractivity contribution in [3.05, 3.63) is 106 Å². The fraction of sp³-hybridized carbons (Fsp3) is 0.172. The molecule has 0 fully saturated rings. The molecule has 4 aromatic rings. The summed E-state index contributed by atoms with van der Waals surface area (Å²) in [6, 6.07) is 27.5. The van der Waals surface area contributed by atoms with Crippen molar-refractivity contribution in [2.75, 3.05) is 0 Å². The zero-order chi connectivity index (χ0) is 20.2. The normalized spacial score (nSPS) is 17.4. The van der Waals surface area contributed by atoms with Crippen molar-refractivity contribution in [1.82, 2.24) is 0 Å². The maximum absolute atomic E-state index is 2.39. The fourth-order valence-corrected chi connectivity index (χ4v) is 6.24. The molecule has 1 heterocycles. The average molecular weight is 405 g/mol.